The zero-order valence-corrected chi connectivity index (χ0v) is 11.1. The molecule has 0 atom stereocenters. The number of ether oxygens (including phenoxy) is 1. The molecule has 0 aliphatic heterocycles. The van der Waals surface area contributed by atoms with Crippen LogP contribution in [-0.2, 0) is 9.53 Å². The fraction of sp³-hybridized carbons (Fsp3) is 0.364. The molecule has 1 aromatic carbocycles. The lowest BCUT2D eigenvalue weighted by Gasteiger charge is -2.08. The Morgan fingerprint density at radius 3 is 2.94 bits per heavy atom. The molecule has 0 saturated heterocycles. The third kappa shape index (κ3) is 4.34. The van der Waals surface area contributed by atoms with Gasteiger partial charge in [0.25, 0.3) is 0 Å². The molecule has 3 nitrogen and oxygen atoms in total. The number of hydrogen-bond donors (Lipinski definition) is 1. The van der Waals surface area contributed by atoms with Crippen LogP contribution in [0.1, 0.15) is 13.3 Å². The van der Waals surface area contributed by atoms with E-state index in [0.717, 1.165) is 9.26 Å². The maximum absolute atomic E-state index is 12.8. The number of benzene rings is 1. The van der Waals surface area contributed by atoms with Crippen LogP contribution in [0.25, 0.3) is 0 Å². The second-order valence-electron chi connectivity index (χ2n) is 3.11. The summed E-state index contributed by atoms with van der Waals surface area (Å²) in [7, 11) is 0. The second-order valence-corrected chi connectivity index (χ2v) is 4.27. The molecule has 5 heteroatoms. The molecule has 0 aromatic heterocycles. The molecular weight excluding hydrogens is 324 g/mol. The monoisotopic (exact) mass is 337 g/mol. The van der Waals surface area contributed by atoms with Crippen molar-refractivity contribution < 1.29 is 13.9 Å². The summed E-state index contributed by atoms with van der Waals surface area (Å²) in [6, 6.07) is 4.48. The molecule has 0 aliphatic carbocycles. The number of nitrogens with one attached hydrogen (secondary N) is 1. The number of carbonyl (C=O) groups excluding carboxylic acids is 1. The average Bonchev–Trinajstić information content (AvgIpc) is 2.22. The molecule has 0 amide bonds. The summed E-state index contributed by atoms with van der Waals surface area (Å²) in [6.07, 6.45) is 0.307. The van der Waals surface area contributed by atoms with Crippen molar-refractivity contribution >= 4 is 34.2 Å². The number of carbonyl (C=O) groups is 1. The summed E-state index contributed by atoms with van der Waals surface area (Å²) in [6.45, 7) is 2.65. The Hall–Kier alpha value is -0.850. The van der Waals surface area contributed by atoms with Crippen LogP contribution in [-0.4, -0.2) is 19.1 Å². The Kier molecular flexibility index (Phi) is 5.51. The lowest BCUT2D eigenvalue weighted by molar-refractivity contribution is -0.142. The van der Waals surface area contributed by atoms with Crippen molar-refractivity contribution in [3.05, 3.63) is 27.6 Å². The topological polar surface area (TPSA) is 38.3 Å². The second kappa shape index (κ2) is 6.67. The van der Waals surface area contributed by atoms with Gasteiger partial charge in [0.2, 0.25) is 0 Å². The van der Waals surface area contributed by atoms with Crippen LogP contribution in [0.5, 0.6) is 0 Å². The first-order valence-electron chi connectivity index (χ1n) is 4.98. The number of hydrogen-bond acceptors (Lipinski definition) is 3. The maximum Gasteiger partial charge on any atom is 0.307 e. The fourth-order valence-electron chi connectivity index (χ4n) is 1.17. The Bertz CT molecular complexity index is 371. The predicted octanol–water partition coefficient (Wildman–Crippen LogP) is 2.80. The average molecular weight is 337 g/mol. The SMILES string of the molecule is CCOC(=O)CCNc1ccc(F)cc1I. The number of rotatable bonds is 5. The minimum absolute atomic E-state index is 0.230. The van der Waals surface area contributed by atoms with E-state index in [2.05, 4.69) is 5.32 Å². The summed E-state index contributed by atoms with van der Waals surface area (Å²) in [5, 5.41) is 3.05. The van der Waals surface area contributed by atoms with Crippen LogP contribution in [0.2, 0.25) is 0 Å². The Morgan fingerprint density at radius 2 is 2.31 bits per heavy atom. The van der Waals surface area contributed by atoms with E-state index >= 15 is 0 Å². The summed E-state index contributed by atoms with van der Waals surface area (Å²) < 4.78 is 18.4. The van der Waals surface area contributed by atoms with Gasteiger partial charge in [-0.15, -0.1) is 0 Å². The Morgan fingerprint density at radius 1 is 1.56 bits per heavy atom. The van der Waals surface area contributed by atoms with Gasteiger partial charge >= 0.3 is 5.97 Å². The van der Waals surface area contributed by atoms with Crippen LogP contribution in [0, 0.1) is 9.39 Å². The molecule has 0 bridgehead atoms. The third-order valence-electron chi connectivity index (χ3n) is 1.88. The van der Waals surface area contributed by atoms with E-state index in [9.17, 15) is 9.18 Å². The van der Waals surface area contributed by atoms with E-state index in [-0.39, 0.29) is 11.8 Å². The van der Waals surface area contributed by atoms with Gasteiger partial charge < -0.3 is 10.1 Å². The summed E-state index contributed by atoms with van der Waals surface area (Å²) in [5.74, 6) is -0.493. The van der Waals surface area contributed by atoms with Gasteiger partial charge in [-0.3, -0.25) is 4.79 Å². The van der Waals surface area contributed by atoms with Crippen molar-refractivity contribution in [2.45, 2.75) is 13.3 Å². The van der Waals surface area contributed by atoms with Gasteiger partial charge in [0.15, 0.2) is 0 Å². The number of halogens is 2. The standard InChI is InChI=1S/C11H13FINO2/c1-2-16-11(15)5-6-14-10-4-3-8(12)7-9(10)13/h3-4,7,14H,2,5-6H2,1H3. The fourth-order valence-corrected chi connectivity index (χ4v) is 1.83. The number of anilines is 1. The minimum Gasteiger partial charge on any atom is -0.466 e. The van der Waals surface area contributed by atoms with E-state index < -0.39 is 0 Å². The molecule has 0 radical (unpaired) electrons. The van der Waals surface area contributed by atoms with Crippen LogP contribution < -0.4 is 5.32 Å². The van der Waals surface area contributed by atoms with Crippen LogP contribution in [0.4, 0.5) is 10.1 Å². The molecular formula is C11H13FINO2. The predicted molar refractivity (Wildman–Crippen MR) is 68.9 cm³/mol. The Balaban J connectivity index is 2.40. The largest absolute Gasteiger partial charge is 0.466 e. The van der Waals surface area contributed by atoms with Crippen molar-refractivity contribution in [3.8, 4) is 0 Å². The van der Waals surface area contributed by atoms with Gasteiger partial charge in [0.1, 0.15) is 5.82 Å². The van der Waals surface area contributed by atoms with Gasteiger partial charge in [-0.2, -0.15) is 0 Å². The zero-order valence-electron chi connectivity index (χ0n) is 8.93. The highest BCUT2D eigenvalue weighted by molar-refractivity contribution is 14.1. The molecule has 0 fully saturated rings. The zero-order chi connectivity index (χ0) is 12.0. The van der Waals surface area contributed by atoms with Crippen molar-refractivity contribution in [3.63, 3.8) is 0 Å². The van der Waals surface area contributed by atoms with Crippen molar-refractivity contribution in [1.82, 2.24) is 0 Å². The van der Waals surface area contributed by atoms with Crippen molar-refractivity contribution in [2.75, 3.05) is 18.5 Å². The highest BCUT2D eigenvalue weighted by Crippen LogP contribution is 2.18. The highest BCUT2D eigenvalue weighted by atomic mass is 127. The van der Waals surface area contributed by atoms with E-state index in [1.165, 1.54) is 12.1 Å². The van der Waals surface area contributed by atoms with Crippen molar-refractivity contribution in [2.24, 2.45) is 0 Å². The molecule has 16 heavy (non-hydrogen) atoms. The lowest BCUT2D eigenvalue weighted by Crippen LogP contribution is -2.11. The molecule has 1 N–H and O–H groups in total. The highest BCUT2D eigenvalue weighted by Gasteiger charge is 2.03. The van der Waals surface area contributed by atoms with Crippen LogP contribution >= 0.6 is 22.6 Å². The first-order valence-corrected chi connectivity index (χ1v) is 6.06. The molecule has 0 unspecified atom stereocenters. The van der Waals surface area contributed by atoms with E-state index in [0.29, 0.717) is 19.6 Å². The molecule has 1 aromatic rings. The summed E-state index contributed by atoms with van der Waals surface area (Å²) >= 11 is 2.04. The number of esters is 1. The molecule has 1 rings (SSSR count). The molecule has 0 saturated carbocycles. The quantitative estimate of drug-likeness (QED) is 0.663. The van der Waals surface area contributed by atoms with Gasteiger partial charge in [0, 0.05) is 15.8 Å². The molecule has 0 aliphatic rings. The van der Waals surface area contributed by atoms with Gasteiger partial charge in [-0.05, 0) is 47.7 Å². The van der Waals surface area contributed by atoms with E-state index in [1.807, 2.05) is 22.6 Å². The van der Waals surface area contributed by atoms with Crippen LogP contribution in [0.15, 0.2) is 18.2 Å². The molecule has 0 spiro atoms. The van der Waals surface area contributed by atoms with Crippen LogP contribution in [0.3, 0.4) is 0 Å². The van der Waals surface area contributed by atoms with E-state index in [1.54, 1.807) is 13.0 Å². The van der Waals surface area contributed by atoms with E-state index in [4.69, 9.17) is 4.74 Å². The smallest absolute Gasteiger partial charge is 0.307 e. The first-order chi connectivity index (χ1) is 7.63. The molecule has 0 heterocycles. The normalized spacial score (nSPS) is 9.94. The maximum atomic E-state index is 12.8. The lowest BCUT2D eigenvalue weighted by atomic mass is 10.3. The van der Waals surface area contributed by atoms with Gasteiger partial charge in [0.05, 0.1) is 13.0 Å². The first kappa shape index (κ1) is 13.2. The minimum atomic E-state index is -0.264. The van der Waals surface area contributed by atoms with Crippen molar-refractivity contribution in [1.29, 1.82) is 0 Å². The molecule has 88 valence electrons. The third-order valence-corrected chi connectivity index (χ3v) is 2.77. The van der Waals surface area contributed by atoms with Gasteiger partial charge in [-0.1, -0.05) is 0 Å². The summed E-state index contributed by atoms with van der Waals surface area (Å²) in [5.41, 5.74) is 0.825. The summed E-state index contributed by atoms with van der Waals surface area (Å²) in [4.78, 5) is 11.0. The van der Waals surface area contributed by atoms with Gasteiger partial charge in [-0.25, -0.2) is 4.39 Å². The Labute approximate surface area is 108 Å².